The number of carbonyl (C=O) groups is 1. The summed E-state index contributed by atoms with van der Waals surface area (Å²) in [4.78, 5) is 11.0. The number of carbonyl (C=O) groups excluding carboxylic acids is 1. The molecule has 2 nitrogen and oxygen atoms in total. The number of esters is 1. The first-order valence-corrected chi connectivity index (χ1v) is 4.93. The molecule has 0 saturated carbocycles. The second-order valence-corrected chi connectivity index (χ2v) is 3.72. The van der Waals surface area contributed by atoms with E-state index in [1.54, 1.807) is 12.1 Å². The van der Waals surface area contributed by atoms with Crippen LogP contribution in [-0.4, -0.2) is 13.1 Å². The van der Waals surface area contributed by atoms with Gasteiger partial charge in [-0.25, -0.2) is 4.39 Å². The van der Waals surface area contributed by atoms with Crippen LogP contribution in [0.25, 0.3) is 0 Å². The van der Waals surface area contributed by atoms with Gasteiger partial charge in [0.05, 0.1) is 7.11 Å². The fourth-order valence-electron chi connectivity index (χ4n) is 1.46. The van der Waals surface area contributed by atoms with E-state index in [0.717, 1.165) is 12.0 Å². The Morgan fingerprint density at radius 1 is 1.40 bits per heavy atom. The van der Waals surface area contributed by atoms with E-state index >= 15 is 0 Å². The number of hydrogen-bond donors (Lipinski definition) is 0. The van der Waals surface area contributed by atoms with Crippen molar-refractivity contribution in [1.29, 1.82) is 0 Å². The van der Waals surface area contributed by atoms with Crippen LogP contribution in [0.1, 0.15) is 18.9 Å². The average Bonchev–Trinajstić information content (AvgIpc) is 2.21. The normalized spacial score (nSPS) is 12.2. The van der Waals surface area contributed by atoms with E-state index in [2.05, 4.69) is 4.74 Å². The lowest BCUT2D eigenvalue weighted by Crippen LogP contribution is -2.09. The molecule has 0 aliphatic rings. The van der Waals surface area contributed by atoms with E-state index in [1.807, 2.05) is 6.92 Å². The zero-order chi connectivity index (χ0) is 11.3. The smallest absolute Gasteiger partial charge is 0.305 e. The zero-order valence-electron chi connectivity index (χ0n) is 9.00. The molecule has 0 bridgehead atoms. The molecular weight excluding hydrogens is 195 g/mol. The lowest BCUT2D eigenvalue weighted by molar-refractivity contribution is -0.141. The van der Waals surface area contributed by atoms with E-state index in [0.29, 0.717) is 6.42 Å². The van der Waals surface area contributed by atoms with Crippen LogP contribution in [0.15, 0.2) is 24.3 Å². The van der Waals surface area contributed by atoms with Gasteiger partial charge in [-0.05, 0) is 30.0 Å². The molecule has 1 atom stereocenters. The molecule has 82 valence electrons. The maximum atomic E-state index is 12.6. The molecule has 1 unspecified atom stereocenters. The van der Waals surface area contributed by atoms with Crippen molar-refractivity contribution >= 4 is 5.97 Å². The van der Waals surface area contributed by atoms with Crippen molar-refractivity contribution in [2.24, 2.45) is 5.92 Å². The first-order chi connectivity index (χ1) is 7.11. The molecule has 15 heavy (non-hydrogen) atoms. The Bertz CT molecular complexity index is 319. The van der Waals surface area contributed by atoms with E-state index < -0.39 is 0 Å². The van der Waals surface area contributed by atoms with Gasteiger partial charge in [-0.1, -0.05) is 19.1 Å². The van der Waals surface area contributed by atoms with E-state index in [1.165, 1.54) is 19.2 Å². The Labute approximate surface area is 89.1 Å². The second-order valence-electron chi connectivity index (χ2n) is 3.72. The Morgan fingerprint density at radius 3 is 2.53 bits per heavy atom. The Kier molecular flexibility index (Phi) is 4.28. The average molecular weight is 210 g/mol. The van der Waals surface area contributed by atoms with Crippen molar-refractivity contribution in [3.05, 3.63) is 35.6 Å². The third-order valence-electron chi connectivity index (χ3n) is 2.24. The summed E-state index contributed by atoms with van der Waals surface area (Å²) in [6, 6.07) is 6.34. The summed E-state index contributed by atoms with van der Waals surface area (Å²) in [7, 11) is 1.38. The highest BCUT2D eigenvalue weighted by atomic mass is 19.1. The number of rotatable bonds is 4. The molecule has 3 heteroatoms. The third-order valence-corrected chi connectivity index (χ3v) is 2.24. The quantitative estimate of drug-likeness (QED) is 0.714. The Balaban J connectivity index is 2.47. The van der Waals surface area contributed by atoms with Gasteiger partial charge in [0.25, 0.3) is 0 Å². The maximum Gasteiger partial charge on any atom is 0.305 e. The largest absolute Gasteiger partial charge is 0.469 e. The van der Waals surface area contributed by atoms with Gasteiger partial charge in [0, 0.05) is 6.42 Å². The molecule has 0 aliphatic carbocycles. The van der Waals surface area contributed by atoms with Crippen LogP contribution in [-0.2, 0) is 16.0 Å². The minimum absolute atomic E-state index is 0.204. The Hall–Kier alpha value is -1.38. The summed E-state index contributed by atoms with van der Waals surface area (Å²) >= 11 is 0. The molecule has 0 saturated heterocycles. The van der Waals surface area contributed by atoms with Crippen LogP contribution in [0, 0.1) is 11.7 Å². The second kappa shape index (κ2) is 5.49. The summed E-state index contributed by atoms with van der Waals surface area (Å²) in [5.74, 6) is -0.230. The fourth-order valence-corrected chi connectivity index (χ4v) is 1.46. The molecule has 1 aromatic rings. The highest BCUT2D eigenvalue weighted by Crippen LogP contribution is 2.12. The van der Waals surface area contributed by atoms with Crippen LogP contribution >= 0.6 is 0 Å². The van der Waals surface area contributed by atoms with Gasteiger partial charge in [-0.2, -0.15) is 0 Å². The topological polar surface area (TPSA) is 26.3 Å². The standard InChI is InChI=1S/C12H15FO2/c1-9(8-12(14)15-2)7-10-3-5-11(13)6-4-10/h3-6,9H,7-8H2,1-2H3. The summed E-state index contributed by atoms with van der Waals surface area (Å²) in [5.41, 5.74) is 1.04. The molecule has 1 rings (SSSR count). The van der Waals surface area contributed by atoms with Gasteiger partial charge >= 0.3 is 5.97 Å². The van der Waals surface area contributed by atoms with Crippen molar-refractivity contribution in [1.82, 2.24) is 0 Å². The van der Waals surface area contributed by atoms with Crippen LogP contribution in [0.3, 0.4) is 0 Å². The van der Waals surface area contributed by atoms with E-state index in [9.17, 15) is 9.18 Å². The number of ether oxygens (including phenoxy) is 1. The molecule has 0 aromatic heterocycles. The van der Waals surface area contributed by atoms with Gasteiger partial charge < -0.3 is 4.74 Å². The first-order valence-electron chi connectivity index (χ1n) is 4.93. The third kappa shape index (κ3) is 4.11. The molecular formula is C12H15FO2. The van der Waals surface area contributed by atoms with E-state index in [4.69, 9.17) is 0 Å². The Morgan fingerprint density at radius 2 is 2.00 bits per heavy atom. The van der Waals surface area contributed by atoms with Gasteiger partial charge in [0.1, 0.15) is 5.82 Å². The molecule has 0 N–H and O–H groups in total. The summed E-state index contributed by atoms with van der Waals surface area (Å²) in [6.07, 6.45) is 1.16. The van der Waals surface area contributed by atoms with Gasteiger partial charge in [0.15, 0.2) is 0 Å². The molecule has 0 amide bonds. The summed E-state index contributed by atoms with van der Waals surface area (Å²) < 4.78 is 17.2. The van der Waals surface area contributed by atoms with Crippen LogP contribution in [0.4, 0.5) is 4.39 Å². The van der Waals surface area contributed by atoms with Crippen LogP contribution < -0.4 is 0 Å². The number of benzene rings is 1. The van der Waals surface area contributed by atoms with Crippen LogP contribution in [0.2, 0.25) is 0 Å². The molecule has 1 aromatic carbocycles. The van der Waals surface area contributed by atoms with Gasteiger partial charge in [0.2, 0.25) is 0 Å². The minimum Gasteiger partial charge on any atom is -0.469 e. The van der Waals surface area contributed by atoms with Crippen molar-refractivity contribution in [2.45, 2.75) is 19.8 Å². The highest BCUT2D eigenvalue weighted by molar-refractivity contribution is 5.69. The molecule has 0 heterocycles. The summed E-state index contributed by atoms with van der Waals surface area (Å²) in [6.45, 7) is 1.97. The van der Waals surface area contributed by atoms with Crippen molar-refractivity contribution in [3.63, 3.8) is 0 Å². The summed E-state index contributed by atoms with van der Waals surface area (Å²) in [5, 5.41) is 0. The first kappa shape index (κ1) is 11.7. The van der Waals surface area contributed by atoms with Gasteiger partial charge in [-0.3, -0.25) is 4.79 Å². The number of methoxy groups -OCH3 is 1. The van der Waals surface area contributed by atoms with Crippen molar-refractivity contribution in [3.8, 4) is 0 Å². The van der Waals surface area contributed by atoms with Crippen molar-refractivity contribution in [2.75, 3.05) is 7.11 Å². The van der Waals surface area contributed by atoms with Crippen molar-refractivity contribution < 1.29 is 13.9 Å². The highest BCUT2D eigenvalue weighted by Gasteiger charge is 2.09. The van der Waals surface area contributed by atoms with Crippen LogP contribution in [0.5, 0.6) is 0 Å². The fraction of sp³-hybridized carbons (Fsp3) is 0.417. The predicted molar refractivity (Wildman–Crippen MR) is 55.9 cm³/mol. The monoisotopic (exact) mass is 210 g/mol. The minimum atomic E-state index is -0.237. The lowest BCUT2D eigenvalue weighted by Gasteiger charge is -2.09. The molecule has 0 spiro atoms. The zero-order valence-corrected chi connectivity index (χ0v) is 9.00. The number of hydrogen-bond acceptors (Lipinski definition) is 2. The predicted octanol–water partition coefficient (Wildman–Crippen LogP) is 2.57. The maximum absolute atomic E-state index is 12.6. The lowest BCUT2D eigenvalue weighted by atomic mass is 9.98. The molecule has 0 aliphatic heterocycles. The SMILES string of the molecule is COC(=O)CC(C)Cc1ccc(F)cc1. The van der Waals surface area contributed by atoms with E-state index in [-0.39, 0.29) is 17.7 Å². The molecule has 0 fully saturated rings. The number of halogens is 1. The van der Waals surface area contributed by atoms with Gasteiger partial charge in [-0.15, -0.1) is 0 Å². The molecule has 0 radical (unpaired) electrons.